The van der Waals surface area contributed by atoms with Crippen molar-refractivity contribution in [3.63, 3.8) is 0 Å². The van der Waals surface area contributed by atoms with Crippen LogP contribution in [-0.4, -0.2) is 47.3 Å². The number of rotatable bonds is 8. The number of benzene rings is 1. The summed E-state index contributed by atoms with van der Waals surface area (Å²) in [6.45, 7) is 9.13. The highest BCUT2D eigenvalue weighted by Crippen LogP contribution is 2.31. The fourth-order valence-corrected chi connectivity index (χ4v) is 3.67. The second-order valence-corrected chi connectivity index (χ2v) is 8.51. The van der Waals surface area contributed by atoms with Gasteiger partial charge in [-0.1, -0.05) is 45.0 Å². The molecule has 1 aromatic carbocycles. The van der Waals surface area contributed by atoms with E-state index in [4.69, 9.17) is 0 Å². The summed E-state index contributed by atoms with van der Waals surface area (Å²) in [6, 6.07) is 7.23. The summed E-state index contributed by atoms with van der Waals surface area (Å²) in [4.78, 5) is 41.2. The van der Waals surface area contributed by atoms with Crippen LogP contribution >= 0.6 is 0 Å². The average Bonchev–Trinajstić information content (AvgIpc) is 3.45. The fraction of sp³-hybridized carbons (Fsp3) is 0.591. The number of amides is 4. The van der Waals surface area contributed by atoms with Crippen LogP contribution in [0.15, 0.2) is 24.3 Å². The molecule has 0 unspecified atom stereocenters. The van der Waals surface area contributed by atoms with E-state index in [2.05, 4.69) is 19.2 Å². The van der Waals surface area contributed by atoms with Crippen molar-refractivity contribution in [3.05, 3.63) is 35.4 Å². The molecule has 6 nitrogen and oxygen atoms in total. The lowest BCUT2D eigenvalue weighted by Gasteiger charge is -2.25. The molecule has 0 bridgehead atoms. The molecular weight excluding hydrogens is 354 g/mol. The van der Waals surface area contributed by atoms with Gasteiger partial charge in [0, 0.05) is 13.1 Å². The summed E-state index contributed by atoms with van der Waals surface area (Å²) in [5.74, 6) is 0.437. The predicted molar refractivity (Wildman–Crippen MR) is 108 cm³/mol. The molecule has 3 rings (SSSR count). The van der Waals surface area contributed by atoms with Gasteiger partial charge in [0.05, 0.1) is 0 Å². The molecule has 1 saturated heterocycles. The second-order valence-electron chi connectivity index (χ2n) is 8.51. The Balaban J connectivity index is 1.73. The number of carbonyl (C=O) groups excluding carboxylic acids is 3. The smallest absolute Gasteiger partial charge is 0.325 e. The Hall–Kier alpha value is -2.37. The van der Waals surface area contributed by atoms with E-state index in [1.165, 1.54) is 5.56 Å². The number of nitrogens with zero attached hydrogens (tertiary/aromatic N) is 2. The van der Waals surface area contributed by atoms with Gasteiger partial charge < -0.3 is 10.2 Å². The Morgan fingerprint density at radius 2 is 1.89 bits per heavy atom. The molecule has 0 spiro atoms. The molecule has 152 valence electrons. The molecular formula is C22H31N3O3. The van der Waals surface area contributed by atoms with Gasteiger partial charge in [0.15, 0.2) is 0 Å². The highest BCUT2D eigenvalue weighted by Gasteiger charge is 2.49. The minimum Gasteiger partial charge on any atom is -0.341 e. The summed E-state index contributed by atoms with van der Waals surface area (Å²) >= 11 is 0. The molecule has 1 saturated carbocycles. The molecule has 6 heteroatoms. The monoisotopic (exact) mass is 385 g/mol. The van der Waals surface area contributed by atoms with Crippen LogP contribution in [0.2, 0.25) is 0 Å². The predicted octanol–water partition coefficient (Wildman–Crippen LogP) is 3.23. The largest absolute Gasteiger partial charge is 0.341 e. The van der Waals surface area contributed by atoms with Gasteiger partial charge in [-0.05, 0) is 49.1 Å². The molecule has 2 fully saturated rings. The van der Waals surface area contributed by atoms with Gasteiger partial charge in [-0.15, -0.1) is 0 Å². The molecule has 2 aliphatic rings. The average molecular weight is 386 g/mol. The molecule has 4 amide bonds. The van der Waals surface area contributed by atoms with E-state index in [0.29, 0.717) is 18.4 Å². The quantitative estimate of drug-likeness (QED) is 0.699. The summed E-state index contributed by atoms with van der Waals surface area (Å²) in [5, 5.41) is 2.79. The Labute approximate surface area is 167 Å². The Bertz CT molecular complexity index is 755. The topological polar surface area (TPSA) is 69.7 Å². The number of carbonyl (C=O) groups is 3. The minimum absolute atomic E-state index is 0.156. The summed E-state index contributed by atoms with van der Waals surface area (Å²) < 4.78 is 0. The lowest BCUT2D eigenvalue weighted by atomic mass is 9.90. The van der Waals surface area contributed by atoms with Crippen molar-refractivity contribution in [2.75, 3.05) is 19.6 Å². The van der Waals surface area contributed by atoms with Crippen molar-refractivity contribution >= 4 is 17.8 Å². The molecule has 1 atom stereocenters. The Kier molecular flexibility index (Phi) is 5.77. The highest BCUT2D eigenvalue weighted by molar-refractivity contribution is 6.09. The van der Waals surface area contributed by atoms with Crippen molar-refractivity contribution < 1.29 is 14.4 Å². The molecule has 0 aromatic heterocycles. The second kappa shape index (κ2) is 7.94. The van der Waals surface area contributed by atoms with Crippen molar-refractivity contribution in [1.29, 1.82) is 0 Å². The summed E-state index contributed by atoms with van der Waals surface area (Å²) in [7, 11) is 0. The number of nitrogens with one attached hydrogen (secondary N) is 1. The van der Waals surface area contributed by atoms with Crippen LogP contribution in [0.3, 0.4) is 0 Å². The van der Waals surface area contributed by atoms with Gasteiger partial charge in [0.25, 0.3) is 5.91 Å². The van der Waals surface area contributed by atoms with E-state index in [-0.39, 0.29) is 18.4 Å². The van der Waals surface area contributed by atoms with Crippen LogP contribution in [0.5, 0.6) is 0 Å². The number of hydrogen-bond acceptors (Lipinski definition) is 3. The van der Waals surface area contributed by atoms with Crippen LogP contribution in [0.1, 0.15) is 64.0 Å². The van der Waals surface area contributed by atoms with E-state index >= 15 is 0 Å². The van der Waals surface area contributed by atoms with E-state index < -0.39 is 11.6 Å². The molecule has 1 aliphatic carbocycles. The van der Waals surface area contributed by atoms with Crippen molar-refractivity contribution in [2.45, 2.75) is 58.4 Å². The van der Waals surface area contributed by atoms with Gasteiger partial charge >= 0.3 is 6.03 Å². The molecule has 1 heterocycles. The van der Waals surface area contributed by atoms with Crippen molar-refractivity contribution in [2.24, 2.45) is 5.92 Å². The third-order valence-electron chi connectivity index (χ3n) is 5.74. The third kappa shape index (κ3) is 4.05. The summed E-state index contributed by atoms with van der Waals surface area (Å²) in [6.07, 6.45) is 3.17. The lowest BCUT2D eigenvalue weighted by Crippen LogP contribution is -2.45. The van der Waals surface area contributed by atoms with Crippen molar-refractivity contribution in [1.82, 2.24) is 15.1 Å². The lowest BCUT2D eigenvalue weighted by molar-refractivity contribution is -0.139. The van der Waals surface area contributed by atoms with Crippen LogP contribution in [0.25, 0.3) is 0 Å². The summed E-state index contributed by atoms with van der Waals surface area (Å²) in [5.41, 5.74) is 0.763. The number of imide groups is 1. The van der Waals surface area contributed by atoms with Gasteiger partial charge in [-0.3, -0.25) is 14.5 Å². The normalized spacial score (nSPS) is 22.0. The zero-order valence-electron chi connectivity index (χ0n) is 17.3. The van der Waals surface area contributed by atoms with Crippen LogP contribution < -0.4 is 5.32 Å². The van der Waals surface area contributed by atoms with Crippen LogP contribution in [-0.2, 0) is 15.1 Å². The first-order chi connectivity index (χ1) is 13.3. The van der Waals surface area contributed by atoms with E-state index in [1.807, 2.05) is 31.2 Å². The first-order valence-electron chi connectivity index (χ1n) is 10.3. The van der Waals surface area contributed by atoms with Gasteiger partial charge in [-0.2, -0.15) is 0 Å². The number of hydrogen-bond donors (Lipinski definition) is 1. The van der Waals surface area contributed by atoms with E-state index in [1.54, 1.807) is 11.8 Å². The zero-order valence-corrected chi connectivity index (χ0v) is 17.3. The SMILES string of the molecule is CCCN(CC1CC1)C(=O)CN1C(=O)N[C@](C)(c2ccc(C(C)C)cc2)C1=O. The van der Waals surface area contributed by atoms with Crippen molar-refractivity contribution in [3.8, 4) is 0 Å². The van der Waals surface area contributed by atoms with E-state index in [0.717, 1.165) is 36.3 Å². The Morgan fingerprint density at radius 3 is 2.43 bits per heavy atom. The first kappa shape index (κ1) is 20.4. The van der Waals surface area contributed by atoms with E-state index in [9.17, 15) is 14.4 Å². The molecule has 1 aliphatic heterocycles. The van der Waals surface area contributed by atoms with Crippen LogP contribution in [0, 0.1) is 5.92 Å². The minimum atomic E-state index is -1.14. The third-order valence-corrected chi connectivity index (χ3v) is 5.74. The standard InChI is InChI=1S/C22H31N3O3/c1-5-12-24(13-16-6-7-16)19(26)14-25-20(27)22(4,23-21(25)28)18-10-8-17(9-11-18)15(2)3/h8-11,15-16H,5-7,12-14H2,1-4H3,(H,23,28)/t22-/m1/s1. The molecule has 0 radical (unpaired) electrons. The maximum atomic E-state index is 13.1. The maximum Gasteiger partial charge on any atom is 0.325 e. The molecule has 1 aromatic rings. The molecule has 1 N–H and O–H groups in total. The number of urea groups is 1. The van der Waals surface area contributed by atoms with Gasteiger partial charge in [0.1, 0.15) is 12.1 Å². The zero-order chi connectivity index (χ0) is 20.5. The van der Waals surface area contributed by atoms with Crippen LogP contribution in [0.4, 0.5) is 4.79 Å². The molecule has 28 heavy (non-hydrogen) atoms. The maximum absolute atomic E-state index is 13.1. The highest BCUT2D eigenvalue weighted by atomic mass is 16.2. The van der Waals surface area contributed by atoms with Gasteiger partial charge in [-0.25, -0.2) is 4.79 Å². The fourth-order valence-electron chi connectivity index (χ4n) is 3.67. The Morgan fingerprint density at radius 1 is 1.25 bits per heavy atom. The first-order valence-corrected chi connectivity index (χ1v) is 10.3. The van der Waals surface area contributed by atoms with Gasteiger partial charge in [0.2, 0.25) is 5.91 Å².